The number of piperidine rings is 1. The molecule has 1 aliphatic carbocycles. The molecule has 6 heteroatoms. The number of anilines is 1. The second-order valence-electron chi connectivity index (χ2n) is 8.24. The van der Waals surface area contributed by atoms with Crippen LogP contribution in [0.2, 0.25) is 0 Å². The summed E-state index contributed by atoms with van der Waals surface area (Å²) < 4.78 is 0. The van der Waals surface area contributed by atoms with E-state index in [1.807, 2.05) is 38.1 Å². The summed E-state index contributed by atoms with van der Waals surface area (Å²) in [5, 5.41) is 9.28. The SMILES string of the molecule is Cc1ccccc1NC(=O)C(C)N1CCC(NC(=O)NC2CCCCC2)CC1. The van der Waals surface area contributed by atoms with Gasteiger partial charge >= 0.3 is 6.03 Å². The Bertz CT molecular complexity index is 664. The van der Waals surface area contributed by atoms with Crippen LogP contribution in [0.25, 0.3) is 0 Å². The highest BCUT2D eigenvalue weighted by atomic mass is 16.2. The minimum Gasteiger partial charge on any atom is -0.335 e. The maximum absolute atomic E-state index is 12.6. The van der Waals surface area contributed by atoms with E-state index >= 15 is 0 Å². The van der Waals surface area contributed by atoms with Gasteiger partial charge in [0, 0.05) is 30.9 Å². The number of hydrogen-bond acceptors (Lipinski definition) is 3. The maximum Gasteiger partial charge on any atom is 0.315 e. The number of hydrogen-bond donors (Lipinski definition) is 3. The van der Waals surface area contributed by atoms with Gasteiger partial charge in [-0.1, -0.05) is 37.5 Å². The molecule has 1 saturated heterocycles. The van der Waals surface area contributed by atoms with E-state index in [1.165, 1.54) is 19.3 Å². The van der Waals surface area contributed by atoms with Crippen molar-refractivity contribution in [2.45, 2.75) is 76.9 Å². The van der Waals surface area contributed by atoms with Gasteiger partial charge in [-0.2, -0.15) is 0 Å². The first-order chi connectivity index (χ1) is 13.5. The zero-order chi connectivity index (χ0) is 19.9. The fourth-order valence-electron chi connectivity index (χ4n) is 4.21. The van der Waals surface area contributed by atoms with E-state index in [0.717, 1.165) is 50.0 Å². The molecule has 1 aromatic rings. The Hall–Kier alpha value is -2.08. The fourth-order valence-corrected chi connectivity index (χ4v) is 4.21. The molecule has 0 radical (unpaired) electrons. The first-order valence-electron chi connectivity index (χ1n) is 10.7. The summed E-state index contributed by atoms with van der Waals surface area (Å²) in [5.41, 5.74) is 1.94. The Balaban J connectivity index is 1.40. The zero-order valence-electron chi connectivity index (χ0n) is 17.2. The predicted molar refractivity (Wildman–Crippen MR) is 112 cm³/mol. The second kappa shape index (κ2) is 9.92. The molecule has 154 valence electrons. The highest BCUT2D eigenvalue weighted by molar-refractivity contribution is 5.95. The second-order valence-corrected chi connectivity index (χ2v) is 8.24. The van der Waals surface area contributed by atoms with Crippen LogP contribution in [0.1, 0.15) is 57.4 Å². The highest BCUT2D eigenvalue weighted by Crippen LogP contribution is 2.19. The van der Waals surface area contributed by atoms with Crippen LogP contribution >= 0.6 is 0 Å². The van der Waals surface area contributed by atoms with Crippen LogP contribution in [0.5, 0.6) is 0 Å². The van der Waals surface area contributed by atoms with Gasteiger partial charge in [-0.05, 0) is 51.2 Å². The lowest BCUT2D eigenvalue weighted by atomic mass is 9.96. The molecule has 6 nitrogen and oxygen atoms in total. The van der Waals surface area contributed by atoms with Crippen molar-refractivity contribution >= 4 is 17.6 Å². The van der Waals surface area contributed by atoms with E-state index < -0.39 is 0 Å². The van der Waals surface area contributed by atoms with Gasteiger partial charge in [0.15, 0.2) is 0 Å². The number of rotatable bonds is 5. The number of para-hydroxylation sites is 1. The molecule has 3 N–H and O–H groups in total. The van der Waals surface area contributed by atoms with Crippen LogP contribution in [0.4, 0.5) is 10.5 Å². The van der Waals surface area contributed by atoms with Crippen LogP contribution in [0.15, 0.2) is 24.3 Å². The lowest BCUT2D eigenvalue weighted by Crippen LogP contribution is -2.53. The Morgan fingerprint density at radius 3 is 2.21 bits per heavy atom. The molecule has 0 spiro atoms. The average Bonchev–Trinajstić information content (AvgIpc) is 2.70. The molecule has 1 saturated carbocycles. The first kappa shape index (κ1) is 20.6. The molecule has 28 heavy (non-hydrogen) atoms. The van der Waals surface area contributed by atoms with Crippen LogP contribution < -0.4 is 16.0 Å². The van der Waals surface area contributed by atoms with Crippen molar-refractivity contribution in [3.8, 4) is 0 Å². The van der Waals surface area contributed by atoms with Gasteiger partial charge in [-0.25, -0.2) is 4.79 Å². The van der Waals surface area contributed by atoms with E-state index in [9.17, 15) is 9.59 Å². The Morgan fingerprint density at radius 1 is 0.964 bits per heavy atom. The lowest BCUT2D eigenvalue weighted by molar-refractivity contribution is -0.121. The van der Waals surface area contributed by atoms with Crippen molar-refractivity contribution in [1.29, 1.82) is 0 Å². The predicted octanol–water partition coefficient (Wildman–Crippen LogP) is 3.42. The molecule has 3 amide bonds. The van der Waals surface area contributed by atoms with E-state index in [-0.39, 0.29) is 24.0 Å². The van der Waals surface area contributed by atoms with Gasteiger partial charge in [0.1, 0.15) is 0 Å². The number of likely N-dealkylation sites (tertiary alicyclic amines) is 1. The van der Waals surface area contributed by atoms with Crippen molar-refractivity contribution < 1.29 is 9.59 Å². The molecule has 1 aliphatic heterocycles. The normalized spacial score (nSPS) is 20.4. The van der Waals surface area contributed by atoms with E-state index in [4.69, 9.17) is 0 Å². The summed E-state index contributed by atoms with van der Waals surface area (Å²) in [6.45, 7) is 5.58. The fraction of sp³-hybridized carbons (Fsp3) is 0.636. The van der Waals surface area contributed by atoms with Crippen molar-refractivity contribution in [1.82, 2.24) is 15.5 Å². The topological polar surface area (TPSA) is 73.5 Å². The highest BCUT2D eigenvalue weighted by Gasteiger charge is 2.28. The number of carbonyl (C=O) groups is 2. The van der Waals surface area contributed by atoms with Crippen LogP contribution in [-0.4, -0.2) is 48.1 Å². The van der Waals surface area contributed by atoms with Gasteiger partial charge < -0.3 is 16.0 Å². The smallest absolute Gasteiger partial charge is 0.315 e. The Labute approximate surface area is 168 Å². The third kappa shape index (κ3) is 5.71. The number of urea groups is 1. The number of nitrogens with one attached hydrogen (secondary N) is 3. The number of nitrogens with zero attached hydrogens (tertiary/aromatic N) is 1. The molecule has 2 fully saturated rings. The van der Waals surface area contributed by atoms with Gasteiger partial charge in [0.2, 0.25) is 5.91 Å². The summed E-state index contributed by atoms with van der Waals surface area (Å²) in [7, 11) is 0. The minimum absolute atomic E-state index is 0.0238. The number of benzene rings is 1. The molecule has 3 rings (SSSR count). The Morgan fingerprint density at radius 2 is 1.57 bits per heavy atom. The lowest BCUT2D eigenvalue weighted by Gasteiger charge is -2.36. The molecule has 0 aromatic heterocycles. The van der Waals surface area contributed by atoms with Gasteiger partial charge in [0.25, 0.3) is 0 Å². The third-order valence-electron chi connectivity index (χ3n) is 6.14. The number of aryl methyl sites for hydroxylation is 1. The summed E-state index contributed by atoms with van der Waals surface area (Å²) in [6.07, 6.45) is 7.66. The summed E-state index contributed by atoms with van der Waals surface area (Å²) in [4.78, 5) is 27.0. The van der Waals surface area contributed by atoms with Gasteiger partial charge in [-0.3, -0.25) is 9.69 Å². The quantitative estimate of drug-likeness (QED) is 0.726. The Kier molecular flexibility index (Phi) is 7.31. The van der Waals surface area contributed by atoms with E-state index in [0.29, 0.717) is 6.04 Å². The molecular formula is C22H34N4O2. The van der Waals surface area contributed by atoms with E-state index in [2.05, 4.69) is 20.9 Å². The van der Waals surface area contributed by atoms with Crippen molar-refractivity contribution in [2.75, 3.05) is 18.4 Å². The van der Waals surface area contributed by atoms with Crippen molar-refractivity contribution in [3.05, 3.63) is 29.8 Å². The molecule has 1 atom stereocenters. The maximum atomic E-state index is 12.6. The average molecular weight is 387 g/mol. The largest absolute Gasteiger partial charge is 0.335 e. The summed E-state index contributed by atoms with van der Waals surface area (Å²) >= 11 is 0. The molecular weight excluding hydrogens is 352 g/mol. The monoisotopic (exact) mass is 386 g/mol. The van der Waals surface area contributed by atoms with Crippen LogP contribution in [-0.2, 0) is 4.79 Å². The zero-order valence-corrected chi connectivity index (χ0v) is 17.2. The van der Waals surface area contributed by atoms with E-state index in [1.54, 1.807) is 0 Å². The number of amides is 3. The molecule has 1 heterocycles. The summed E-state index contributed by atoms with van der Waals surface area (Å²) in [5.74, 6) is 0.0238. The van der Waals surface area contributed by atoms with Crippen molar-refractivity contribution in [2.24, 2.45) is 0 Å². The van der Waals surface area contributed by atoms with Gasteiger partial charge in [0.05, 0.1) is 6.04 Å². The summed E-state index contributed by atoms with van der Waals surface area (Å²) in [6, 6.07) is 8.13. The number of carbonyl (C=O) groups excluding carboxylic acids is 2. The molecule has 1 aromatic carbocycles. The molecule has 1 unspecified atom stereocenters. The van der Waals surface area contributed by atoms with Crippen molar-refractivity contribution in [3.63, 3.8) is 0 Å². The molecule has 0 bridgehead atoms. The molecule has 2 aliphatic rings. The first-order valence-corrected chi connectivity index (χ1v) is 10.7. The minimum atomic E-state index is -0.184. The standard InChI is InChI=1S/C22H34N4O2/c1-16-8-6-7-11-20(16)25-21(27)17(2)26-14-12-19(13-15-26)24-22(28)23-18-9-4-3-5-10-18/h6-8,11,17-19H,3-5,9-10,12-15H2,1-2H3,(H,25,27)(H2,23,24,28). The van der Waals surface area contributed by atoms with Crippen LogP contribution in [0, 0.1) is 6.92 Å². The van der Waals surface area contributed by atoms with Gasteiger partial charge in [-0.15, -0.1) is 0 Å². The van der Waals surface area contributed by atoms with Crippen LogP contribution in [0.3, 0.4) is 0 Å². The third-order valence-corrected chi connectivity index (χ3v) is 6.14.